The van der Waals surface area contributed by atoms with Crippen molar-refractivity contribution in [3.63, 3.8) is 0 Å². The molecule has 0 bridgehead atoms. The summed E-state index contributed by atoms with van der Waals surface area (Å²) < 4.78 is 3.72. The molecule has 0 aliphatic rings. The van der Waals surface area contributed by atoms with Crippen LogP contribution in [-0.2, 0) is 13.6 Å². The first-order valence-corrected chi connectivity index (χ1v) is 5.49. The van der Waals surface area contributed by atoms with E-state index in [0.29, 0.717) is 12.2 Å². The molecule has 0 fully saturated rings. The smallest absolute Gasteiger partial charge is 0.345 e. The molecular weight excluding hydrogens is 272 g/mol. The predicted molar refractivity (Wildman–Crippen MR) is 65.1 cm³/mol. The highest BCUT2D eigenvalue weighted by Gasteiger charge is 2.03. The Morgan fingerprint density at radius 1 is 1.44 bits per heavy atom. The second kappa shape index (κ2) is 4.13. The van der Waals surface area contributed by atoms with Crippen LogP contribution in [0.15, 0.2) is 33.8 Å². The minimum atomic E-state index is -0.140. The van der Waals surface area contributed by atoms with Gasteiger partial charge in [0.05, 0.1) is 6.54 Å². The van der Waals surface area contributed by atoms with Crippen LogP contribution in [0.5, 0.6) is 0 Å². The SMILES string of the molecule is Cn1cnn(Cc2cc(N)cc(Br)c2)c1=O. The van der Waals surface area contributed by atoms with Crippen LogP contribution >= 0.6 is 15.9 Å². The quantitative estimate of drug-likeness (QED) is 0.835. The van der Waals surface area contributed by atoms with Gasteiger partial charge in [0.25, 0.3) is 0 Å². The molecule has 1 aromatic carbocycles. The monoisotopic (exact) mass is 282 g/mol. The highest BCUT2D eigenvalue weighted by atomic mass is 79.9. The van der Waals surface area contributed by atoms with Crippen molar-refractivity contribution in [2.75, 3.05) is 5.73 Å². The maximum atomic E-state index is 11.6. The van der Waals surface area contributed by atoms with Crippen molar-refractivity contribution in [3.8, 4) is 0 Å². The molecule has 0 saturated carbocycles. The van der Waals surface area contributed by atoms with E-state index in [1.165, 1.54) is 15.6 Å². The Bertz CT molecular complexity index is 552. The zero-order valence-electron chi connectivity index (χ0n) is 8.72. The van der Waals surface area contributed by atoms with Gasteiger partial charge in [-0.3, -0.25) is 4.57 Å². The van der Waals surface area contributed by atoms with Crippen molar-refractivity contribution in [1.29, 1.82) is 0 Å². The van der Waals surface area contributed by atoms with Gasteiger partial charge < -0.3 is 5.73 Å². The molecule has 2 aromatic rings. The fourth-order valence-corrected chi connectivity index (χ4v) is 2.03. The van der Waals surface area contributed by atoms with Crippen molar-refractivity contribution in [1.82, 2.24) is 14.3 Å². The van der Waals surface area contributed by atoms with Gasteiger partial charge in [-0.15, -0.1) is 0 Å². The zero-order valence-corrected chi connectivity index (χ0v) is 10.3. The molecule has 0 aliphatic carbocycles. The van der Waals surface area contributed by atoms with Crippen molar-refractivity contribution < 1.29 is 0 Å². The molecule has 0 radical (unpaired) electrons. The van der Waals surface area contributed by atoms with Crippen LogP contribution in [0, 0.1) is 0 Å². The second-order valence-electron chi connectivity index (χ2n) is 3.57. The average Bonchev–Trinajstić information content (AvgIpc) is 2.48. The Balaban J connectivity index is 2.34. The number of anilines is 1. The first-order valence-electron chi connectivity index (χ1n) is 4.69. The Morgan fingerprint density at radius 3 is 2.75 bits per heavy atom. The average molecular weight is 283 g/mol. The predicted octanol–water partition coefficient (Wildman–Crippen LogP) is 0.975. The number of rotatable bonds is 2. The topological polar surface area (TPSA) is 65.8 Å². The van der Waals surface area contributed by atoms with Crippen molar-refractivity contribution in [2.24, 2.45) is 7.05 Å². The molecule has 1 heterocycles. The zero-order chi connectivity index (χ0) is 11.7. The number of benzene rings is 1. The summed E-state index contributed by atoms with van der Waals surface area (Å²) in [5.41, 5.74) is 7.17. The molecule has 0 spiro atoms. The van der Waals surface area contributed by atoms with Crippen LogP contribution in [0.4, 0.5) is 5.69 Å². The number of aromatic nitrogens is 3. The Kier molecular flexibility index (Phi) is 2.82. The molecule has 0 amide bonds. The summed E-state index contributed by atoms with van der Waals surface area (Å²) in [6.07, 6.45) is 1.49. The van der Waals surface area contributed by atoms with Gasteiger partial charge in [-0.2, -0.15) is 5.10 Å². The van der Waals surface area contributed by atoms with E-state index in [0.717, 1.165) is 10.0 Å². The summed E-state index contributed by atoms with van der Waals surface area (Å²) in [6, 6.07) is 5.55. The minimum Gasteiger partial charge on any atom is -0.399 e. The van der Waals surface area contributed by atoms with E-state index in [4.69, 9.17) is 5.73 Å². The molecule has 16 heavy (non-hydrogen) atoms. The number of nitrogens with two attached hydrogens (primary N) is 1. The van der Waals surface area contributed by atoms with Crippen LogP contribution in [0.1, 0.15) is 5.56 Å². The molecular formula is C10H11BrN4O. The lowest BCUT2D eigenvalue weighted by atomic mass is 10.2. The van der Waals surface area contributed by atoms with Gasteiger partial charge in [0.15, 0.2) is 0 Å². The summed E-state index contributed by atoms with van der Waals surface area (Å²) >= 11 is 3.36. The van der Waals surface area contributed by atoms with Crippen molar-refractivity contribution in [3.05, 3.63) is 45.0 Å². The lowest BCUT2D eigenvalue weighted by Gasteiger charge is -2.03. The number of nitrogen functional groups attached to an aromatic ring is 1. The van der Waals surface area contributed by atoms with Gasteiger partial charge in [0.1, 0.15) is 6.33 Å². The van der Waals surface area contributed by atoms with E-state index >= 15 is 0 Å². The summed E-state index contributed by atoms with van der Waals surface area (Å²) in [5, 5.41) is 3.98. The molecule has 0 saturated heterocycles. The van der Waals surface area contributed by atoms with E-state index in [-0.39, 0.29) is 5.69 Å². The van der Waals surface area contributed by atoms with Crippen LogP contribution in [0.25, 0.3) is 0 Å². The van der Waals surface area contributed by atoms with E-state index in [1.807, 2.05) is 18.2 Å². The highest BCUT2D eigenvalue weighted by Crippen LogP contribution is 2.17. The summed E-state index contributed by atoms with van der Waals surface area (Å²) in [7, 11) is 1.67. The molecule has 2 rings (SSSR count). The molecule has 0 unspecified atom stereocenters. The third-order valence-corrected chi connectivity index (χ3v) is 2.66. The number of hydrogen-bond acceptors (Lipinski definition) is 3. The number of halogens is 1. The second-order valence-corrected chi connectivity index (χ2v) is 4.49. The Morgan fingerprint density at radius 2 is 2.19 bits per heavy atom. The first-order chi connectivity index (χ1) is 7.56. The van der Waals surface area contributed by atoms with Crippen molar-refractivity contribution in [2.45, 2.75) is 6.54 Å². The Labute approximate surface area is 101 Å². The van der Waals surface area contributed by atoms with Gasteiger partial charge in [-0.1, -0.05) is 15.9 Å². The molecule has 1 aromatic heterocycles. The van der Waals surface area contributed by atoms with Gasteiger partial charge in [-0.05, 0) is 23.8 Å². The fourth-order valence-electron chi connectivity index (χ4n) is 1.47. The number of nitrogens with zero attached hydrogens (tertiary/aromatic N) is 3. The van der Waals surface area contributed by atoms with Gasteiger partial charge in [0.2, 0.25) is 0 Å². The fraction of sp³-hybridized carbons (Fsp3) is 0.200. The number of hydrogen-bond donors (Lipinski definition) is 1. The Hall–Kier alpha value is -1.56. The van der Waals surface area contributed by atoms with E-state index < -0.39 is 0 Å². The van der Waals surface area contributed by atoms with Crippen LogP contribution < -0.4 is 11.4 Å². The first kappa shape index (κ1) is 10.9. The third-order valence-electron chi connectivity index (χ3n) is 2.20. The molecule has 2 N–H and O–H groups in total. The van der Waals surface area contributed by atoms with Crippen molar-refractivity contribution >= 4 is 21.6 Å². The largest absolute Gasteiger partial charge is 0.399 e. The number of aryl methyl sites for hydroxylation is 1. The van der Waals surface area contributed by atoms with E-state index in [2.05, 4.69) is 21.0 Å². The molecule has 5 nitrogen and oxygen atoms in total. The normalized spacial score (nSPS) is 10.6. The van der Waals surface area contributed by atoms with Gasteiger partial charge in [0, 0.05) is 17.2 Å². The lowest BCUT2D eigenvalue weighted by molar-refractivity contribution is 0.647. The molecule has 0 atom stereocenters. The van der Waals surface area contributed by atoms with Crippen LogP contribution in [0.2, 0.25) is 0 Å². The summed E-state index contributed by atoms with van der Waals surface area (Å²) in [4.78, 5) is 11.6. The summed E-state index contributed by atoms with van der Waals surface area (Å²) in [5.74, 6) is 0. The molecule has 84 valence electrons. The van der Waals surface area contributed by atoms with Gasteiger partial charge >= 0.3 is 5.69 Å². The third kappa shape index (κ3) is 2.16. The van der Waals surface area contributed by atoms with E-state index in [9.17, 15) is 4.79 Å². The standard InChI is InChI=1S/C10H11BrN4O/c1-14-6-13-15(10(14)16)5-7-2-8(11)4-9(12)3-7/h2-4,6H,5,12H2,1H3. The molecule has 0 aliphatic heterocycles. The lowest BCUT2D eigenvalue weighted by Crippen LogP contribution is -2.23. The highest BCUT2D eigenvalue weighted by molar-refractivity contribution is 9.10. The van der Waals surface area contributed by atoms with Gasteiger partial charge in [-0.25, -0.2) is 9.48 Å². The minimum absolute atomic E-state index is 0.140. The molecule has 6 heteroatoms. The van der Waals surface area contributed by atoms with Crippen LogP contribution in [0.3, 0.4) is 0 Å². The maximum Gasteiger partial charge on any atom is 0.345 e. The summed E-state index contributed by atoms with van der Waals surface area (Å²) in [6.45, 7) is 0.420. The van der Waals surface area contributed by atoms with Crippen LogP contribution in [-0.4, -0.2) is 14.3 Å². The maximum absolute atomic E-state index is 11.6. The van der Waals surface area contributed by atoms with E-state index in [1.54, 1.807) is 7.05 Å².